The maximum Gasteiger partial charge on any atom is 0.312 e. The topological polar surface area (TPSA) is 74.4 Å². The average molecular weight is 274 g/mol. The third-order valence-electron chi connectivity index (χ3n) is 2.39. The molecule has 7 heteroatoms. The molecule has 0 spiro atoms. The van der Waals surface area contributed by atoms with Gasteiger partial charge in [-0.15, -0.1) is 0 Å². The van der Waals surface area contributed by atoms with Crippen LogP contribution in [0.3, 0.4) is 0 Å². The Bertz CT molecular complexity index is 453. The van der Waals surface area contributed by atoms with Crippen LogP contribution in [-0.2, 0) is 22.5 Å². The lowest BCUT2D eigenvalue weighted by molar-refractivity contribution is -0.142. The first-order chi connectivity index (χ1) is 9.03. The Balaban J connectivity index is 3.19. The van der Waals surface area contributed by atoms with Crippen LogP contribution < -0.4 is 10.5 Å². The van der Waals surface area contributed by atoms with Crippen molar-refractivity contribution in [1.29, 1.82) is 0 Å². The molecule has 0 atom stereocenters. The number of nitrogens with two attached hydrogens (primary N) is 1. The van der Waals surface area contributed by atoms with Crippen LogP contribution in [0.1, 0.15) is 30.3 Å². The number of carbonyl (C=O) groups excluding carboxylic acids is 1. The van der Waals surface area contributed by atoms with E-state index >= 15 is 0 Å². The Kier molecular flexibility index (Phi) is 5.62. The fraction of sp³-hybridized carbons (Fsp3) is 0.500. The summed E-state index contributed by atoms with van der Waals surface area (Å²) in [6.45, 7) is 1.86. The zero-order chi connectivity index (χ0) is 14.4. The molecule has 0 saturated carbocycles. The minimum Gasteiger partial charge on any atom is -0.494 e. The van der Waals surface area contributed by atoms with Gasteiger partial charge in [0.2, 0.25) is 0 Å². The van der Waals surface area contributed by atoms with Crippen molar-refractivity contribution in [2.75, 3.05) is 13.7 Å². The molecule has 0 aliphatic carbocycles. The van der Waals surface area contributed by atoms with Crippen LogP contribution in [0, 0.1) is 0 Å². The van der Waals surface area contributed by atoms with Crippen molar-refractivity contribution >= 4 is 5.97 Å². The van der Waals surface area contributed by atoms with Crippen molar-refractivity contribution in [3.8, 4) is 5.75 Å². The number of alkyl halides is 2. The SMILES string of the molecule is CCOC(=O)Cc1nc(CN)cc(C(F)F)c1OC. The molecular formula is C12H16F2N2O3. The van der Waals surface area contributed by atoms with Gasteiger partial charge in [0.25, 0.3) is 6.43 Å². The number of halogens is 2. The number of hydrogen-bond acceptors (Lipinski definition) is 5. The van der Waals surface area contributed by atoms with E-state index in [1.807, 2.05) is 0 Å². The third kappa shape index (κ3) is 3.85. The van der Waals surface area contributed by atoms with Crippen molar-refractivity contribution in [2.24, 2.45) is 5.73 Å². The van der Waals surface area contributed by atoms with Crippen LogP contribution in [-0.4, -0.2) is 24.7 Å². The van der Waals surface area contributed by atoms with Gasteiger partial charge in [0.1, 0.15) is 5.75 Å². The highest BCUT2D eigenvalue weighted by molar-refractivity contribution is 5.73. The second kappa shape index (κ2) is 6.98. The number of pyridine rings is 1. The number of methoxy groups -OCH3 is 1. The molecule has 1 rings (SSSR count). The summed E-state index contributed by atoms with van der Waals surface area (Å²) in [5, 5.41) is 0. The van der Waals surface area contributed by atoms with Gasteiger partial charge in [0.05, 0.1) is 37.1 Å². The van der Waals surface area contributed by atoms with Crippen LogP contribution in [0.25, 0.3) is 0 Å². The smallest absolute Gasteiger partial charge is 0.312 e. The molecule has 1 heterocycles. The lowest BCUT2D eigenvalue weighted by Gasteiger charge is -2.14. The molecule has 1 aromatic heterocycles. The highest BCUT2D eigenvalue weighted by Crippen LogP contribution is 2.32. The van der Waals surface area contributed by atoms with Crippen LogP contribution in [0.15, 0.2) is 6.07 Å². The van der Waals surface area contributed by atoms with Crippen molar-refractivity contribution in [1.82, 2.24) is 4.98 Å². The van der Waals surface area contributed by atoms with Gasteiger partial charge in [-0.1, -0.05) is 0 Å². The maximum atomic E-state index is 12.9. The number of ether oxygens (including phenoxy) is 2. The summed E-state index contributed by atoms with van der Waals surface area (Å²) in [5.41, 5.74) is 5.47. The molecule has 0 saturated heterocycles. The summed E-state index contributed by atoms with van der Waals surface area (Å²) in [7, 11) is 1.25. The fourth-order valence-electron chi connectivity index (χ4n) is 1.64. The summed E-state index contributed by atoms with van der Waals surface area (Å²) < 4.78 is 35.6. The fourth-order valence-corrected chi connectivity index (χ4v) is 1.64. The van der Waals surface area contributed by atoms with Gasteiger partial charge in [-0.05, 0) is 13.0 Å². The number of carbonyl (C=O) groups is 1. The van der Waals surface area contributed by atoms with E-state index in [9.17, 15) is 13.6 Å². The van der Waals surface area contributed by atoms with Crippen LogP contribution in [0.5, 0.6) is 5.75 Å². The molecule has 0 aliphatic heterocycles. The van der Waals surface area contributed by atoms with Gasteiger partial charge in [-0.25, -0.2) is 8.78 Å². The van der Waals surface area contributed by atoms with Gasteiger partial charge >= 0.3 is 5.97 Å². The van der Waals surface area contributed by atoms with Gasteiger partial charge in [-0.2, -0.15) is 0 Å². The summed E-state index contributed by atoms with van der Waals surface area (Å²) in [6, 6.07) is 1.18. The van der Waals surface area contributed by atoms with E-state index in [0.717, 1.165) is 0 Å². The highest BCUT2D eigenvalue weighted by atomic mass is 19.3. The molecular weight excluding hydrogens is 258 g/mol. The number of rotatable bonds is 6. The third-order valence-corrected chi connectivity index (χ3v) is 2.39. The van der Waals surface area contributed by atoms with Crippen LogP contribution >= 0.6 is 0 Å². The molecule has 1 aromatic rings. The molecule has 5 nitrogen and oxygen atoms in total. The Labute approximate surface area is 109 Å². The Morgan fingerprint density at radius 2 is 2.21 bits per heavy atom. The lowest BCUT2D eigenvalue weighted by atomic mass is 10.1. The van der Waals surface area contributed by atoms with Gasteiger partial charge < -0.3 is 15.2 Å². The van der Waals surface area contributed by atoms with Crippen LogP contribution in [0.2, 0.25) is 0 Å². The molecule has 0 aliphatic rings. The first-order valence-corrected chi connectivity index (χ1v) is 5.73. The normalized spacial score (nSPS) is 10.6. The molecule has 19 heavy (non-hydrogen) atoms. The van der Waals surface area contributed by atoms with E-state index in [4.69, 9.17) is 15.2 Å². The van der Waals surface area contributed by atoms with Gasteiger partial charge in [0.15, 0.2) is 0 Å². The minimum atomic E-state index is -2.73. The first kappa shape index (κ1) is 15.3. The molecule has 0 bridgehead atoms. The summed E-state index contributed by atoms with van der Waals surface area (Å²) in [4.78, 5) is 15.5. The molecule has 0 aromatic carbocycles. The van der Waals surface area contributed by atoms with Crippen molar-refractivity contribution < 1.29 is 23.0 Å². The highest BCUT2D eigenvalue weighted by Gasteiger charge is 2.21. The molecule has 0 radical (unpaired) electrons. The van der Waals surface area contributed by atoms with E-state index in [1.165, 1.54) is 13.2 Å². The summed E-state index contributed by atoms with van der Waals surface area (Å²) >= 11 is 0. The Morgan fingerprint density at radius 1 is 1.53 bits per heavy atom. The zero-order valence-electron chi connectivity index (χ0n) is 10.8. The van der Waals surface area contributed by atoms with Crippen molar-refractivity contribution in [2.45, 2.75) is 26.3 Å². The molecule has 106 valence electrons. The van der Waals surface area contributed by atoms with E-state index < -0.39 is 12.4 Å². The summed E-state index contributed by atoms with van der Waals surface area (Å²) in [5.74, 6) is -0.650. The monoisotopic (exact) mass is 274 g/mol. The zero-order valence-corrected chi connectivity index (χ0v) is 10.8. The molecule has 0 unspecified atom stereocenters. The predicted octanol–water partition coefficient (Wildman–Crippen LogP) is 1.59. The predicted molar refractivity (Wildman–Crippen MR) is 64.0 cm³/mol. The van der Waals surface area contributed by atoms with E-state index in [2.05, 4.69) is 4.98 Å². The second-order valence-electron chi connectivity index (χ2n) is 3.67. The largest absolute Gasteiger partial charge is 0.494 e. The van der Waals surface area contributed by atoms with Gasteiger partial charge in [0, 0.05) is 6.54 Å². The van der Waals surface area contributed by atoms with E-state index in [0.29, 0.717) is 0 Å². The molecule has 0 fully saturated rings. The average Bonchev–Trinajstić information content (AvgIpc) is 2.37. The van der Waals surface area contributed by atoms with Crippen molar-refractivity contribution in [3.63, 3.8) is 0 Å². The first-order valence-electron chi connectivity index (χ1n) is 5.73. The minimum absolute atomic E-state index is 0.000457. The number of hydrogen-bond donors (Lipinski definition) is 1. The van der Waals surface area contributed by atoms with Crippen molar-refractivity contribution in [3.05, 3.63) is 23.0 Å². The second-order valence-corrected chi connectivity index (χ2v) is 3.67. The number of nitrogens with zero attached hydrogens (tertiary/aromatic N) is 1. The van der Waals surface area contributed by atoms with Crippen LogP contribution in [0.4, 0.5) is 8.78 Å². The van der Waals surface area contributed by atoms with Gasteiger partial charge in [-0.3, -0.25) is 9.78 Å². The molecule has 2 N–H and O–H groups in total. The summed E-state index contributed by atoms with van der Waals surface area (Å²) in [6.07, 6.45) is -2.96. The number of aromatic nitrogens is 1. The Morgan fingerprint density at radius 3 is 2.68 bits per heavy atom. The van der Waals surface area contributed by atoms with E-state index in [1.54, 1.807) is 6.92 Å². The lowest BCUT2D eigenvalue weighted by Crippen LogP contribution is -2.13. The maximum absolute atomic E-state index is 12.9. The number of esters is 1. The van der Waals surface area contributed by atoms with E-state index in [-0.39, 0.29) is 42.3 Å². The standard InChI is InChI=1S/C12H16F2N2O3/c1-3-19-10(17)5-9-11(18-2)8(12(13)14)4-7(6-15)16-9/h4,12H,3,5-6,15H2,1-2H3. The molecule has 0 amide bonds. The Hall–Kier alpha value is -1.76. The quantitative estimate of drug-likeness (QED) is 0.797.